The van der Waals surface area contributed by atoms with E-state index in [1.165, 1.54) is 7.05 Å². The number of hydrogen-bond acceptors (Lipinski definition) is 3. The number of nitrogens with zero attached hydrogens (tertiary/aromatic N) is 1. The van der Waals surface area contributed by atoms with E-state index in [1.54, 1.807) is 6.92 Å². The lowest BCUT2D eigenvalue weighted by atomic mass is 10.3. The van der Waals surface area contributed by atoms with Crippen LogP contribution in [0.3, 0.4) is 0 Å². The van der Waals surface area contributed by atoms with E-state index >= 15 is 0 Å². The molecule has 0 aliphatic heterocycles. The van der Waals surface area contributed by atoms with Crippen LogP contribution < -0.4 is 5.32 Å². The molecular formula is C6H14N2O4S. The number of rotatable bonds is 4. The summed E-state index contributed by atoms with van der Waals surface area (Å²) in [7, 11) is -1.84. The lowest BCUT2D eigenvalue weighted by Crippen LogP contribution is -2.41. The molecule has 78 valence electrons. The van der Waals surface area contributed by atoms with E-state index in [9.17, 15) is 13.2 Å². The monoisotopic (exact) mass is 210 g/mol. The number of amides is 1. The third-order valence-corrected chi connectivity index (χ3v) is 2.75. The first-order valence-corrected chi connectivity index (χ1v) is 5.49. The number of hydrogen-bond donors (Lipinski definition) is 2. The molecule has 0 rings (SSSR count). The van der Waals surface area contributed by atoms with Gasteiger partial charge in [0.1, 0.15) is 0 Å². The number of nitrogens with one attached hydrogen (secondary N) is 1. The summed E-state index contributed by atoms with van der Waals surface area (Å²) in [5.41, 5.74) is 0. The highest BCUT2D eigenvalue weighted by atomic mass is 32.2. The molecule has 2 N–H and O–H groups in total. The zero-order chi connectivity index (χ0) is 10.6. The average molecular weight is 210 g/mol. The standard InChI is InChI=1S/C6H14N2O4S/c1-5(7-6(9)10)4-8(2)13(3,11)12/h5,7H,4H2,1-3H3,(H,9,10)/t5-/m1/s1. The smallest absolute Gasteiger partial charge is 0.404 e. The van der Waals surface area contributed by atoms with Gasteiger partial charge in [-0.05, 0) is 6.92 Å². The van der Waals surface area contributed by atoms with E-state index in [-0.39, 0.29) is 6.54 Å². The minimum absolute atomic E-state index is 0.130. The summed E-state index contributed by atoms with van der Waals surface area (Å²) in [4.78, 5) is 10.2. The largest absolute Gasteiger partial charge is 0.465 e. The molecule has 1 atom stereocenters. The molecular weight excluding hydrogens is 196 g/mol. The molecule has 0 aromatic carbocycles. The second-order valence-corrected chi connectivity index (χ2v) is 4.98. The van der Waals surface area contributed by atoms with Gasteiger partial charge in [0.25, 0.3) is 0 Å². The van der Waals surface area contributed by atoms with Gasteiger partial charge in [-0.15, -0.1) is 0 Å². The summed E-state index contributed by atoms with van der Waals surface area (Å²) < 4.78 is 22.9. The highest BCUT2D eigenvalue weighted by molar-refractivity contribution is 7.88. The Hall–Kier alpha value is -0.820. The number of carbonyl (C=O) groups is 1. The number of carboxylic acid groups (broad SMARTS) is 1. The Morgan fingerprint density at radius 2 is 2.08 bits per heavy atom. The molecule has 0 heterocycles. The molecule has 7 heteroatoms. The molecule has 1 amide bonds. The summed E-state index contributed by atoms with van der Waals surface area (Å²) in [6, 6.07) is -0.419. The lowest BCUT2D eigenvalue weighted by Gasteiger charge is -2.18. The first-order valence-electron chi connectivity index (χ1n) is 3.64. The van der Waals surface area contributed by atoms with Gasteiger partial charge >= 0.3 is 6.09 Å². The first-order chi connectivity index (χ1) is 5.73. The molecule has 0 aromatic heterocycles. The molecule has 0 saturated carbocycles. The van der Waals surface area contributed by atoms with Crippen LogP contribution in [0.4, 0.5) is 4.79 Å². The topological polar surface area (TPSA) is 86.7 Å². The third-order valence-electron chi connectivity index (χ3n) is 1.47. The summed E-state index contributed by atoms with van der Waals surface area (Å²) in [5, 5.41) is 10.5. The normalized spacial score (nSPS) is 14.2. The second kappa shape index (κ2) is 4.43. The van der Waals surface area contributed by atoms with E-state index in [0.29, 0.717) is 0 Å². The summed E-state index contributed by atoms with van der Waals surface area (Å²) in [5.74, 6) is 0. The van der Waals surface area contributed by atoms with Gasteiger partial charge in [-0.25, -0.2) is 17.5 Å². The van der Waals surface area contributed by atoms with Gasteiger partial charge in [-0.2, -0.15) is 0 Å². The second-order valence-electron chi connectivity index (χ2n) is 2.89. The van der Waals surface area contributed by atoms with Gasteiger partial charge in [0.2, 0.25) is 10.0 Å². The van der Waals surface area contributed by atoms with Crippen molar-refractivity contribution in [3.8, 4) is 0 Å². The van der Waals surface area contributed by atoms with Crippen LogP contribution in [-0.2, 0) is 10.0 Å². The van der Waals surface area contributed by atoms with Crippen LogP contribution in [0.5, 0.6) is 0 Å². The van der Waals surface area contributed by atoms with E-state index in [0.717, 1.165) is 10.6 Å². The Bertz CT molecular complexity index is 274. The van der Waals surface area contributed by atoms with Crippen molar-refractivity contribution < 1.29 is 18.3 Å². The van der Waals surface area contributed by atoms with Crippen molar-refractivity contribution in [2.75, 3.05) is 19.8 Å². The summed E-state index contributed by atoms with van der Waals surface area (Å²) in [6.07, 6.45) is -0.0880. The molecule has 0 bridgehead atoms. The molecule has 0 saturated heterocycles. The molecule has 0 spiro atoms. The average Bonchev–Trinajstić information content (AvgIpc) is 1.82. The van der Waals surface area contributed by atoms with Gasteiger partial charge in [0.15, 0.2) is 0 Å². The zero-order valence-electron chi connectivity index (χ0n) is 7.81. The third kappa shape index (κ3) is 5.42. The van der Waals surface area contributed by atoms with E-state index in [1.807, 2.05) is 0 Å². The van der Waals surface area contributed by atoms with Crippen LogP contribution in [0.25, 0.3) is 0 Å². The van der Waals surface area contributed by atoms with Crippen molar-refractivity contribution in [1.29, 1.82) is 0 Å². The van der Waals surface area contributed by atoms with Gasteiger partial charge in [0, 0.05) is 19.6 Å². The molecule has 0 fully saturated rings. The van der Waals surface area contributed by atoms with E-state index in [2.05, 4.69) is 5.32 Å². The minimum Gasteiger partial charge on any atom is -0.465 e. The van der Waals surface area contributed by atoms with Gasteiger partial charge in [-0.3, -0.25) is 0 Å². The Balaban J connectivity index is 4.07. The predicted molar refractivity (Wildman–Crippen MR) is 48.1 cm³/mol. The molecule has 0 aliphatic carbocycles. The molecule has 0 unspecified atom stereocenters. The highest BCUT2D eigenvalue weighted by Crippen LogP contribution is 1.95. The minimum atomic E-state index is -3.23. The Morgan fingerprint density at radius 3 is 2.38 bits per heavy atom. The van der Waals surface area contributed by atoms with Crippen molar-refractivity contribution in [2.45, 2.75) is 13.0 Å². The molecule has 6 nitrogen and oxygen atoms in total. The Labute approximate surface area is 77.6 Å². The number of sulfonamides is 1. The fraction of sp³-hybridized carbons (Fsp3) is 0.833. The van der Waals surface area contributed by atoms with Crippen molar-refractivity contribution in [3.05, 3.63) is 0 Å². The van der Waals surface area contributed by atoms with Gasteiger partial charge in [0.05, 0.1) is 6.26 Å². The van der Waals surface area contributed by atoms with Crippen molar-refractivity contribution >= 4 is 16.1 Å². The Morgan fingerprint density at radius 1 is 1.62 bits per heavy atom. The summed E-state index contributed by atoms with van der Waals surface area (Å²) >= 11 is 0. The predicted octanol–water partition coefficient (Wildman–Crippen LogP) is -0.466. The van der Waals surface area contributed by atoms with Crippen LogP contribution in [-0.4, -0.2) is 49.8 Å². The molecule has 0 aliphatic rings. The van der Waals surface area contributed by atoms with Gasteiger partial charge in [-0.1, -0.05) is 0 Å². The highest BCUT2D eigenvalue weighted by Gasteiger charge is 2.15. The molecule has 0 radical (unpaired) electrons. The van der Waals surface area contributed by atoms with Crippen molar-refractivity contribution in [2.24, 2.45) is 0 Å². The maximum Gasteiger partial charge on any atom is 0.404 e. The van der Waals surface area contributed by atoms with Crippen molar-refractivity contribution in [3.63, 3.8) is 0 Å². The van der Waals surface area contributed by atoms with E-state index in [4.69, 9.17) is 5.11 Å². The maximum absolute atomic E-state index is 10.9. The molecule has 0 aromatic rings. The van der Waals surface area contributed by atoms with Crippen LogP contribution in [0.2, 0.25) is 0 Å². The van der Waals surface area contributed by atoms with Crippen molar-refractivity contribution in [1.82, 2.24) is 9.62 Å². The van der Waals surface area contributed by atoms with Crippen LogP contribution in [0, 0.1) is 0 Å². The fourth-order valence-electron chi connectivity index (χ4n) is 0.777. The number of likely N-dealkylation sites (N-methyl/N-ethyl adjacent to an activating group) is 1. The Kier molecular flexibility index (Phi) is 4.15. The van der Waals surface area contributed by atoms with Crippen LogP contribution in [0.1, 0.15) is 6.92 Å². The maximum atomic E-state index is 10.9. The quantitative estimate of drug-likeness (QED) is 0.657. The summed E-state index contributed by atoms with van der Waals surface area (Å²) in [6.45, 7) is 1.72. The first kappa shape index (κ1) is 12.2. The molecule has 13 heavy (non-hydrogen) atoms. The van der Waals surface area contributed by atoms with Crippen LogP contribution >= 0.6 is 0 Å². The van der Waals surface area contributed by atoms with E-state index < -0.39 is 22.2 Å². The lowest BCUT2D eigenvalue weighted by molar-refractivity contribution is 0.189. The van der Waals surface area contributed by atoms with Crippen LogP contribution in [0.15, 0.2) is 0 Å². The van der Waals surface area contributed by atoms with Gasteiger partial charge < -0.3 is 10.4 Å². The fourth-order valence-corrected chi connectivity index (χ4v) is 1.27. The zero-order valence-corrected chi connectivity index (χ0v) is 8.63. The SMILES string of the molecule is C[C@H](CN(C)S(C)(=O)=O)NC(=O)O.